The zero-order valence-electron chi connectivity index (χ0n) is 16.2. The molecule has 3 rings (SSSR count). The van der Waals surface area contributed by atoms with Gasteiger partial charge < -0.3 is 14.8 Å². The number of ether oxygens (including phenoxy) is 2. The van der Waals surface area contributed by atoms with Gasteiger partial charge in [0.25, 0.3) is 0 Å². The van der Waals surface area contributed by atoms with Crippen molar-refractivity contribution in [2.45, 2.75) is 26.3 Å². The van der Waals surface area contributed by atoms with Gasteiger partial charge >= 0.3 is 11.9 Å². The molecule has 29 heavy (non-hydrogen) atoms. The Hall–Kier alpha value is -2.67. The first-order chi connectivity index (χ1) is 13.9. The molecule has 0 aromatic heterocycles. The van der Waals surface area contributed by atoms with E-state index in [2.05, 4.69) is 21.2 Å². The van der Waals surface area contributed by atoms with Gasteiger partial charge in [-0.05, 0) is 30.7 Å². The molecule has 0 aliphatic carbocycles. The molecule has 0 bridgehead atoms. The molecule has 7 heteroatoms. The lowest BCUT2D eigenvalue weighted by molar-refractivity contribution is -0.153. The van der Waals surface area contributed by atoms with E-state index in [9.17, 15) is 14.4 Å². The smallest absolute Gasteiger partial charge is 0.324 e. The van der Waals surface area contributed by atoms with Gasteiger partial charge in [0.2, 0.25) is 5.91 Å². The summed E-state index contributed by atoms with van der Waals surface area (Å²) in [7, 11) is 0. The minimum atomic E-state index is -1.15. The van der Waals surface area contributed by atoms with Crippen molar-refractivity contribution in [3.05, 3.63) is 64.1 Å². The molecule has 1 aliphatic rings. The molecule has 6 nitrogen and oxygen atoms in total. The van der Waals surface area contributed by atoms with E-state index in [1.165, 1.54) is 0 Å². The van der Waals surface area contributed by atoms with Gasteiger partial charge in [0, 0.05) is 22.5 Å². The number of hydrogen-bond donors (Lipinski definition) is 1. The molecule has 0 saturated heterocycles. The molecule has 1 heterocycles. The predicted molar refractivity (Wildman–Crippen MR) is 110 cm³/mol. The summed E-state index contributed by atoms with van der Waals surface area (Å²) < 4.78 is 11.3. The Labute approximate surface area is 177 Å². The third kappa shape index (κ3) is 4.67. The number of rotatable bonds is 6. The first-order valence-corrected chi connectivity index (χ1v) is 10.2. The van der Waals surface area contributed by atoms with Crippen LogP contribution in [0, 0.1) is 11.8 Å². The quantitative estimate of drug-likeness (QED) is 0.405. The van der Waals surface area contributed by atoms with Crippen molar-refractivity contribution in [2.24, 2.45) is 11.8 Å². The maximum Gasteiger partial charge on any atom is 0.324 e. The van der Waals surface area contributed by atoms with Crippen LogP contribution in [0.1, 0.15) is 30.9 Å². The molecule has 3 atom stereocenters. The van der Waals surface area contributed by atoms with Crippen molar-refractivity contribution in [2.75, 3.05) is 6.61 Å². The van der Waals surface area contributed by atoms with E-state index in [0.29, 0.717) is 11.3 Å². The van der Waals surface area contributed by atoms with Gasteiger partial charge in [-0.1, -0.05) is 53.2 Å². The molecule has 0 fully saturated rings. The fourth-order valence-corrected chi connectivity index (χ4v) is 3.89. The number of carbonyl (C=O) groups excluding carboxylic acids is 3. The highest BCUT2D eigenvalue weighted by atomic mass is 79.9. The predicted octanol–water partition coefficient (Wildman–Crippen LogP) is 3.58. The third-order valence-corrected chi connectivity index (χ3v) is 5.44. The lowest BCUT2D eigenvalue weighted by Crippen LogP contribution is -2.46. The summed E-state index contributed by atoms with van der Waals surface area (Å²) in [5.41, 5.74) is 1.53. The Morgan fingerprint density at radius 1 is 1.21 bits per heavy atom. The summed E-state index contributed by atoms with van der Waals surface area (Å²) >= 11 is 3.41. The molecule has 2 aromatic carbocycles. The van der Waals surface area contributed by atoms with Crippen LogP contribution in [-0.2, 0) is 25.7 Å². The van der Waals surface area contributed by atoms with Gasteiger partial charge in [0.15, 0.2) is 0 Å². The van der Waals surface area contributed by atoms with Crippen LogP contribution < -0.4 is 10.1 Å². The monoisotopic (exact) mass is 459 g/mol. The van der Waals surface area contributed by atoms with Gasteiger partial charge in [-0.25, -0.2) is 0 Å². The molecular weight excluding hydrogens is 438 g/mol. The van der Waals surface area contributed by atoms with Crippen LogP contribution in [0.25, 0.3) is 0 Å². The van der Waals surface area contributed by atoms with Gasteiger partial charge in [-0.15, -0.1) is 0 Å². The van der Waals surface area contributed by atoms with Crippen molar-refractivity contribution in [3.8, 4) is 5.75 Å². The number of nitrogens with one attached hydrogen (secondary N) is 1. The molecule has 0 radical (unpaired) electrons. The number of fused-ring (bicyclic) bond motifs is 1. The summed E-state index contributed by atoms with van der Waals surface area (Å²) in [6, 6.07) is 14.6. The highest BCUT2D eigenvalue weighted by molar-refractivity contribution is 9.10. The summed E-state index contributed by atoms with van der Waals surface area (Å²) in [6.45, 7) is 3.88. The topological polar surface area (TPSA) is 81.7 Å². The van der Waals surface area contributed by atoms with Crippen molar-refractivity contribution < 1.29 is 23.9 Å². The highest BCUT2D eigenvalue weighted by Gasteiger charge is 2.47. The number of hydrogen-bond acceptors (Lipinski definition) is 5. The van der Waals surface area contributed by atoms with E-state index in [-0.39, 0.29) is 13.2 Å². The number of amides is 1. The van der Waals surface area contributed by atoms with Crippen molar-refractivity contribution in [1.82, 2.24) is 5.32 Å². The Balaban J connectivity index is 1.92. The van der Waals surface area contributed by atoms with Gasteiger partial charge in [-0.3, -0.25) is 14.4 Å². The van der Waals surface area contributed by atoms with Crippen LogP contribution in [0.4, 0.5) is 0 Å². The Bertz CT molecular complexity index is 915. The van der Waals surface area contributed by atoms with E-state index in [1.54, 1.807) is 32.0 Å². The maximum atomic E-state index is 13.0. The zero-order chi connectivity index (χ0) is 21.0. The van der Waals surface area contributed by atoms with Crippen LogP contribution in [-0.4, -0.2) is 24.5 Å². The Morgan fingerprint density at radius 3 is 2.62 bits per heavy atom. The second-order valence-corrected chi connectivity index (χ2v) is 7.77. The fourth-order valence-electron chi connectivity index (χ4n) is 3.51. The molecule has 1 aliphatic heterocycles. The molecule has 0 unspecified atom stereocenters. The molecule has 2 aromatic rings. The number of esters is 2. The van der Waals surface area contributed by atoms with E-state index in [0.717, 1.165) is 10.0 Å². The second-order valence-electron chi connectivity index (χ2n) is 6.85. The zero-order valence-corrected chi connectivity index (χ0v) is 17.8. The molecule has 152 valence electrons. The average molecular weight is 460 g/mol. The number of halogens is 1. The number of carbonyl (C=O) groups is 3. The lowest BCUT2D eigenvalue weighted by atomic mass is 9.75. The Morgan fingerprint density at radius 2 is 1.93 bits per heavy atom. The van der Waals surface area contributed by atoms with Crippen LogP contribution in [0.3, 0.4) is 0 Å². The van der Waals surface area contributed by atoms with Gasteiger partial charge in [-0.2, -0.15) is 0 Å². The Kier molecular flexibility index (Phi) is 6.69. The second kappa shape index (κ2) is 9.22. The molecule has 0 spiro atoms. The summed E-state index contributed by atoms with van der Waals surface area (Å²) in [6.07, 6.45) is 0. The van der Waals surface area contributed by atoms with Crippen LogP contribution >= 0.6 is 15.9 Å². The van der Waals surface area contributed by atoms with Gasteiger partial charge in [0.1, 0.15) is 11.7 Å². The molecule has 1 amide bonds. The fraction of sp³-hybridized carbons (Fsp3) is 0.318. The molecule has 1 N–H and O–H groups in total. The summed E-state index contributed by atoms with van der Waals surface area (Å²) in [4.78, 5) is 38.2. The SMILES string of the molecule is CCOC(=O)[C@H](C)[C@H]1c2cc(Br)ccc2OC(=O)[C@@H]1C(=O)NCc1ccccc1. The largest absolute Gasteiger partial charge is 0.466 e. The highest BCUT2D eigenvalue weighted by Crippen LogP contribution is 2.44. The van der Waals surface area contributed by atoms with E-state index in [1.807, 2.05) is 30.3 Å². The van der Waals surface area contributed by atoms with Crippen LogP contribution in [0.5, 0.6) is 5.75 Å². The first-order valence-electron chi connectivity index (χ1n) is 9.41. The average Bonchev–Trinajstić information content (AvgIpc) is 2.71. The summed E-state index contributed by atoms with van der Waals surface area (Å²) in [5.74, 6) is -3.82. The lowest BCUT2D eigenvalue weighted by Gasteiger charge is -2.34. The van der Waals surface area contributed by atoms with Crippen LogP contribution in [0.15, 0.2) is 53.0 Å². The maximum absolute atomic E-state index is 13.0. The van der Waals surface area contributed by atoms with Crippen LogP contribution in [0.2, 0.25) is 0 Å². The van der Waals surface area contributed by atoms with Gasteiger partial charge in [0.05, 0.1) is 12.5 Å². The first kappa shape index (κ1) is 21.0. The molecular formula is C22H22BrNO5. The van der Waals surface area contributed by atoms with Crippen molar-refractivity contribution in [1.29, 1.82) is 0 Å². The summed E-state index contributed by atoms with van der Waals surface area (Å²) in [5, 5.41) is 2.80. The van der Waals surface area contributed by atoms with E-state index in [4.69, 9.17) is 9.47 Å². The standard InChI is InChI=1S/C22H22BrNO5/c1-3-28-21(26)13(2)18-16-11-15(23)9-10-17(16)29-22(27)19(18)20(25)24-12-14-7-5-4-6-8-14/h4-11,13,18-19H,3,12H2,1-2H3,(H,24,25)/t13-,18+,19+/m1/s1. The van der Waals surface area contributed by atoms with Crippen molar-refractivity contribution >= 4 is 33.8 Å². The third-order valence-electron chi connectivity index (χ3n) is 4.94. The minimum absolute atomic E-state index is 0.219. The number of benzene rings is 2. The minimum Gasteiger partial charge on any atom is -0.466 e. The molecule has 0 saturated carbocycles. The van der Waals surface area contributed by atoms with Crippen molar-refractivity contribution in [3.63, 3.8) is 0 Å². The van der Waals surface area contributed by atoms with E-state index >= 15 is 0 Å². The van der Waals surface area contributed by atoms with E-state index < -0.39 is 35.6 Å². The normalized spacial score (nSPS) is 18.9.